The van der Waals surface area contributed by atoms with E-state index in [0.717, 1.165) is 0 Å². The van der Waals surface area contributed by atoms with E-state index in [9.17, 15) is 30.6 Å². The average Bonchev–Trinajstić information content (AvgIpc) is 3.58. The van der Waals surface area contributed by atoms with Gasteiger partial charge < -0.3 is 68.5 Å². The van der Waals surface area contributed by atoms with Gasteiger partial charge in [0.1, 0.15) is 24.4 Å². The maximum absolute atomic E-state index is 11.7. The predicted octanol–water partition coefficient (Wildman–Crippen LogP) is -0.216. The van der Waals surface area contributed by atoms with Crippen LogP contribution in [0.5, 0.6) is 34.5 Å². The van der Waals surface area contributed by atoms with Gasteiger partial charge in [0.2, 0.25) is 17.8 Å². The minimum atomic E-state index is -1.76. The van der Waals surface area contributed by atoms with E-state index >= 15 is 0 Å². The van der Waals surface area contributed by atoms with Crippen molar-refractivity contribution in [3.8, 4) is 34.5 Å². The van der Waals surface area contributed by atoms with Crippen LogP contribution in [-0.2, 0) is 20.0 Å². The zero-order valence-corrected chi connectivity index (χ0v) is 23.5. The summed E-state index contributed by atoms with van der Waals surface area (Å²) in [6, 6.07) is 6.29. The first-order valence-electron chi connectivity index (χ1n) is 13.3. The fourth-order valence-electron chi connectivity index (χ4n) is 5.81. The second-order valence-electron chi connectivity index (χ2n) is 10.3. The van der Waals surface area contributed by atoms with Gasteiger partial charge in [-0.1, -0.05) is 0 Å². The summed E-state index contributed by atoms with van der Waals surface area (Å²) in [5.74, 6) is -2.09. The van der Waals surface area contributed by atoms with Crippen molar-refractivity contribution in [3.63, 3.8) is 0 Å². The van der Waals surface area contributed by atoms with Crippen LogP contribution in [0, 0.1) is 11.8 Å². The van der Waals surface area contributed by atoms with E-state index in [1.165, 1.54) is 40.6 Å². The number of ether oxygens (including phenoxy) is 8. The SMILES string of the molecule is COc1cc([C@]2(O)OC[C@@H]3[C@H]2CO[C@H]3c2cc(OC)c(O[C@H]3O[C@@H](CO)[C@@H](O)[C@@H](O)[C@@H]3O)c(OC)c2)cc(OC)c1O. The van der Waals surface area contributed by atoms with Gasteiger partial charge in [0.25, 0.3) is 0 Å². The second-order valence-corrected chi connectivity index (χ2v) is 10.3. The largest absolute Gasteiger partial charge is 0.502 e. The van der Waals surface area contributed by atoms with Gasteiger partial charge in [-0.25, -0.2) is 0 Å². The summed E-state index contributed by atoms with van der Waals surface area (Å²) in [4.78, 5) is 0. The Morgan fingerprint density at radius 1 is 0.833 bits per heavy atom. The van der Waals surface area contributed by atoms with Crippen LogP contribution in [0.2, 0.25) is 0 Å². The van der Waals surface area contributed by atoms with E-state index in [0.29, 0.717) is 11.1 Å². The lowest BCUT2D eigenvalue weighted by molar-refractivity contribution is -0.277. The van der Waals surface area contributed by atoms with Gasteiger partial charge in [0.15, 0.2) is 28.8 Å². The van der Waals surface area contributed by atoms with E-state index in [2.05, 4.69) is 0 Å². The van der Waals surface area contributed by atoms with Crippen molar-refractivity contribution in [2.45, 2.75) is 42.6 Å². The Kier molecular flexibility index (Phi) is 8.60. The maximum Gasteiger partial charge on any atom is 0.229 e. The van der Waals surface area contributed by atoms with Gasteiger partial charge in [-0.15, -0.1) is 0 Å². The lowest BCUT2D eigenvalue weighted by Gasteiger charge is -2.39. The monoisotopic (exact) mass is 596 g/mol. The molecule has 3 heterocycles. The summed E-state index contributed by atoms with van der Waals surface area (Å²) in [6.07, 6.45) is -7.98. The third-order valence-corrected chi connectivity index (χ3v) is 8.15. The minimum Gasteiger partial charge on any atom is -0.502 e. The van der Waals surface area contributed by atoms with Gasteiger partial charge in [-0.3, -0.25) is 0 Å². The average molecular weight is 597 g/mol. The number of phenols is 1. The first-order chi connectivity index (χ1) is 20.1. The van der Waals surface area contributed by atoms with Crippen LogP contribution in [0.15, 0.2) is 24.3 Å². The molecule has 3 aliphatic heterocycles. The summed E-state index contributed by atoms with van der Waals surface area (Å²) < 4.78 is 45.1. The molecule has 2 aromatic rings. The van der Waals surface area contributed by atoms with Crippen molar-refractivity contribution in [1.29, 1.82) is 0 Å². The summed E-state index contributed by atoms with van der Waals surface area (Å²) in [5, 5.41) is 62.2. The molecule has 0 amide bonds. The molecule has 232 valence electrons. The Morgan fingerprint density at radius 2 is 1.43 bits per heavy atom. The number of benzene rings is 2. The lowest BCUT2D eigenvalue weighted by atomic mass is 9.82. The first-order valence-corrected chi connectivity index (χ1v) is 13.3. The molecular formula is C28H36O14. The Bertz CT molecular complexity index is 1220. The molecule has 0 spiro atoms. The molecule has 14 heteroatoms. The van der Waals surface area contributed by atoms with Gasteiger partial charge in [0, 0.05) is 17.4 Å². The summed E-state index contributed by atoms with van der Waals surface area (Å²) in [5.41, 5.74) is 0.968. The highest BCUT2D eigenvalue weighted by Gasteiger charge is 2.57. The number of fused-ring (bicyclic) bond motifs is 1. The number of hydrogen-bond acceptors (Lipinski definition) is 14. The third kappa shape index (κ3) is 4.97. The quantitative estimate of drug-likeness (QED) is 0.222. The van der Waals surface area contributed by atoms with Crippen LogP contribution in [0.1, 0.15) is 17.2 Å². The summed E-state index contributed by atoms with van der Waals surface area (Å²) in [7, 11) is 5.59. The number of hydrogen-bond donors (Lipinski definition) is 6. The highest BCUT2D eigenvalue weighted by molar-refractivity contribution is 5.55. The van der Waals surface area contributed by atoms with Gasteiger partial charge in [0.05, 0.1) is 54.4 Å². The van der Waals surface area contributed by atoms with Crippen LogP contribution >= 0.6 is 0 Å². The summed E-state index contributed by atoms with van der Waals surface area (Å²) >= 11 is 0. The van der Waals surface area contributed by atoms with Crippen molar-refractivity contribution in [2.75, 3.05) is 48.3 Å². The molecule has 14 nitrogen and oxygen atoms in total. The number of methoxy groups -OCH3 is 4. The zero-order valence-electron chi connectivity index (χ0n) is 23.5. The van der Waals surface area contributed by atoms with Gasteiger partial charge in [-0.2, -0.15) is 0 Å². The number of aliphatic hydroxyl groups is 5. The number of phenolic OH excluding ortho intramolecular Hbond substituents is 1. The van der Waals surface area contributed by atoms with Crippen molar-refractivity contribution in [1.82, 2.24) is 0 Å². The van der Waals surface area contributed by atoms with Gasteiger partial charge in [-0.05, 0) is 29.8 Å². The first kappa shape index (κ1) is 30.4. The topological polar surface area (TPSA) is 195 Å². The van der Waals surface area contributed by atoms with E-state index in [-0.39, 0.29) is 53.6 Å². The molecule has 2 aromatic carbocycles. The molecule has 5 rings (SSSR count). The maximum atomic E-state index is 11.7. The molecule has 3 saturated heterocycles. The molecule has 0 radical (unpaired) electrons. The van der Waals surface area contributed by atoms with Crippen LogP contribution < -0.4 is 23.7 Å². The van der Waals surface area contributed by atoms with Crippen LogP contribution in [0.3, 0.4) is 0 Å². The Balaban J connectivity index is 1.43. The zero-order chi connectivity index (χ0) is 30.3. The standard InChI is InChI=1S/C28H36O14/c1-35-16-7-13(8-17(36-2)21(16)30)28(34)15-11-39-25(14(15)10-40-28)12-5-18(37-3)26(19(6-12)38-4)42-27-24(33)23(32)22(31)20(9-29)41-27/h5-8,14-15,20,22-25,27,29-34H,9-11H2,1-4H3/t14-,15-,20+,22-,23-,24+,25+,27-,28+/m1/s1. The molecule has 42 heavy (non-hydrogen) atoms. The highest BCUT2D eigenvalue weighted by Crippen LogP contribution is 2.55. The Labute approximate surface area is 241 Å². The lowest BCUT2D eigenvalue weighted by Crippen LogP contribution is -2.60. The number of aliphatic hydroxyl groups excluding tert-OH is 4. The van der Waals surface area contributed by atoms with Crippen molar-refractivity contribution < 1.29 is 68.5 Å². The van der Waals surface area contributed by atoms with Crippen LogP contribution in [0.25, 0.3) is 0 Å². The van der Waals surface area contributed by atoms with Crippen LogP contribution in [-0.4, -0.2) is 110 Å². The normalized spacial score (nSPS) is 34.1. The fourth-order valence-corrected chi connectivity index (χ4v) is 5.81. The predicted molar refractivity (Wildman–Crippen MR) is 141 cm³/mol. The molecule has 0 unspecified atom stereocenters. The summed E-state index contributed by atoms with van der Waals surface area (Å²) in [6.45, 7) is -0.325. The molecule has 3 fully saturated rings. The minimum absolute atomic E-state index is 0.0464. The number of aromatic hydroxyl groups is 1. The molecule has 0 aliphatic carbocycles. The van der Waals surface area contributed by atoms with Gasteiger partial charge >= 0.3 is 0 Å². The van der Waals surface area contributed by atoms with E-state index in [4.69, 9.17) is 37.9 Å². The second kappa shape index (κ2) is 11.9. The molecule has 6 N–H and O–H groups in total. The molecule has 9 atom stereocenters. The number of rotatable bonds is 9. The van der Waals surface area contributed by atoms with Crippen molar-refractivity contribution >= 4 is 0 Å². The third-order valence-electron chi connectivity index (χ3n) is 8.15. The van der Waals surface area contributed by atoms with Crippen molar-refractivity contribution in [3.05, 3.63) is 35.4 Å². The Hall–Kier alpha value is -3.08. The molecule has 3 aliphatic rings. The van der Waals surface area contributed by atoms with Crippen LogP contribution in [0.4, 0.5) is 0 Å². The molecule has 0 aromatic heterocycles. The van der Waals surface area contributed by atoms with E-state index < -0.39 is 55.1 Å². The van der Waals surface area contributed by atoms with E-state index in [1.807, 2.05) is 0 Å². The Morgan fingerprint density at radius 3 is 1.98 bits per heavy atom. The van der Waals surface area contributed by atoms with E-state index in [1.54, 1.807) is 12.1 Å². The highest BCUT2D eigenvalue weighted by atomic mass is 16.7. The van der Waals surface area contributed by atoms with Crippen molar-refractivity contribution in [2.24, 2.45) is 11.8 Å². The molecule has 0 saturated carbocycles. The molecule has 0 bridgehead atoms. The molecular weight excluding hydrogens is 560 g/mol. The fraction of sp³-hybridized carbons (Fsp3) is 0.571. The smallest absolute Gasteiger partial charge is 0.229 e.